The molecule has 0 bridgehead atoms. The highest BCUT2D eigenvalue weighted by molar-refractivity contribution is 4.68. The molecule has 18 heavy (non-hydrogen) atoms. The second-order valence-corrected chi connectivity index (χ2v) is 5.87. The molecular weight excluding hydrogens is 232 g/mol. The van der Waals surface area contributed by atoms with Crippen molar-refractivity contribution in [2.45, 2.75) is 73.9 Å². The van der Waals surface area contributed by atoms with Gasteiger partial charge < -0.3 is 20.1 Å². The summed E-state index contributed by atoms with van der Waals surface area (Å²) < 4.78 is 5.05. The third-order valence-electron chi connectivity index (χ3n) is 3.51. The first kappa shape index (κ1) is 20.2. The van der Waals surface area contributed by atoms with Gasteiger partial charge in [0.15, 0.2) is 12.6 Å². The fourth-order valence-corrected chi connectivity index (χ4v) is 0.741. The van der Waals surface area contributed by atoms with Crippen LogP contribution in [0.3, 0.4) is 0 Å². The van der Waals surface area contributed by atoms with Crippen LogP contribution < -0.4 is 0 Å². The fraction of sp³-hybridized carbons (Fsp3) is 1.00. The average Bonchev–Trinajstić information content (AvgIpc) is 2.30. The molecular formula is C14H32O4. The molecule has 0 aliphatic heterocycles. The van der Waals surface area contributed by atoms with E-state index in [9.17, 15) is 5.11 Å². The second kappa shape index (κ2) is 8.86. The Kier molecular flexibility index (Phi) is 9.92. The lowest BCUT2D eigenvalue weighted by Crippen LogP contribution is -2.31. The quantitative estimate of drug-likeness (QED) is 0.645. The molecule has 0 aromatic carbocycles. The van der Waals surface area contributed by atoms with Crippen molar-refractivity contribution in [2.75, 3.05) is 6.61 Å². The van der Waals surface area contributed by atoms with Crippen LogP contribution in [-0.2, 0) is 4.74 Å². The molecule has 3 N–H and O–H groups in total. The van der Waals surface area contributed by atoms with E-state index < -0.39 is 12.6 Å². The van der Waals surface area contributed by atoms with E-state index in [0.717, 1.165) is 12.8 Å². The number of hydrogen-bond donors (Lipinski definition) is 3. The molecule has 4 nitrogen and oxygen atoms in total. The zero-order valence-corrected chi connectivity index (χ0v) is 13.0. The zero-order valence-electron chi connectivity index (χ0n) is 13.0. The van der Waals surface area contributed by atoms with E-state index in [-0.39, 0.29) is 10.8 Å². The van der Waals surface area contributed by atoms with Crippen LogP contribution in [-0.4, -0.2) is 34.5 Å². The van der Waals surface area contributed by atoms with Crippen molar-refractivity contribution in [1.82, 2.24) is 0 Å². The molecule has 1 unspecified atom stereocenters. The Hall–Kier alpha value is -0.160. The number of rotatable bonds is 6. The maximum atomic E-state index is 9.35. The number of hydrogen-bond acceptors (Lipinski definition) is 4. The van der Waals surface area contributed by atoms with Gasteiger partial charge in [-0.1, -0.05) is 41.5 Å². The first-order valence-corrected chi connectivity index (χ1v) is 6.70. The summed E-state index contributed by atoms with van der Waals surface area (Å²) in [7, 11) is 0. The number of ether oxygens (including phenoxy) is 1. The summed E-state index contributed by atoms with van der Waals surface area (Å²) in [6.45, 7) is 14.1. The van der Waals surface area contributed by atoms with Gasteiger partial charge in [0.05, 0.1) is 0 Å². The van der Waals surface area contributed by atoms with E-state index in [2.05, 4.69) is 0 Å². The smallest absolute Gasteiger partial charge is 0.159 e. The zero-order chi connectivity index (χ0) is 15.0. The van der Waals surface area contributed by atoms with Crippen molar-refractivity contribution in [3.8, 4) is 0 Å². The second-order valence-electron chi connectivity index (χ2n) is 5.87. The predicted octanol–water partition coefficient (Wildman–Crippen LogP) is 2.51. The Bertz CT molecular complexity index is 200. The minimum atomic E-state index is -1.19. The molecule has 0 saturated heterocycles. The van der Waals surface area contributed by atoms with Gasteiger partial charge in [-0.05, 0) is 19.8 Å². The first-order valence-electron chi connectivity index (χ1n) is 6.70. The Labute approximate surface area is 112 Å². The van der Waals surface area contributed by atoms with Gasteiger partial charge in [0.2, 0.25) is 0 Å². The fourth-order valence-electron chi connectivity index (χ4n) is 0.741. The summed E-state index contributed by atoms with van der Waals surface area (Å²) >= 11 is 0. The minimum Gasteiger partial charge on any atom is -0.368 e. The van der Waals surface area contributed by atoms with E-state index in [1.807, 2.05) is 48.5 Å². The molecule has 0 aromatic rings. The van der Waals surface area contributed by atoms with Gasteiger partial charge >= 0.3 is 0 Å². The van der Waals surface area contributed by atoms with Crippen molar-refractivity contribution in [3.05, 3.63) is 0 Å². The Morgan fingerprint density at radius 1 is 0.833 bits per heavy atom. The summed E-state index contributed by atoms with van der Waals surface area (Å²) in [4.78, 5) is 0. The van der Waals surface area contributed by atoms with Crippen LogP contribution in [0.2, 0.25) is 0 Å². The molecule has 1 atom stereocenters. The van der Waals surface area contributed by atoms with Crippen molar-refractivity contribution in [2.24, 2.45) is 10.8 Å². The predicted molar refractivity (Wildman–Crippen MR) is 74.0 cm³/mol. The standard InChI is InChI=1S/C8H18O2.C6H14O2/c1-5-8(3,4)7(9)10-6-2;1-4-6(2,3)5(7)8/h7,9H,5-6H2,1-4H3;5,7-8H,4H2,1-3H3. The molecule has 0 aliphatic carbocycles. The largest absolute Gasteiger partial charge is 0.368 e. The highest BCUT2D eigenvalue weighted by Gasteiger charge is 2.25. The van der Waals surface area contributed by atoms with Crippen molar-refractivity contribution >= 4 is 0 Å². The van der Waals surface area contributed by atoms with Crippen LogP contribution in [0.4, 0.5) is 0 Å². The van der Waals surface area contributed by atoms with E-state index >= 15 is 0 Å². The SMILES string of the molecule is CCC(C)(C)C(O)O.CCOC(O)C(C)(C)CC. The van der Waals surface area contributed by atoms with Crippen LogP contribution >= 0.6 is 0 Å². The van der Waals surface area contributed by atoms with Gasteiger partial charge in [0, 0.05) is 17.4 Å². The van der Waals surface area contributed by atoms with Gasteiger partial charge in [0.25, 0.3) is 0 Å². The molecule has 0 amide bonds. The van der Waals surface area contributed by atoms with Crippen LogP contribution in [0.25, 0.3) is 0 Å². The monoisotopic (exact) mass is 264 g/mol. The van der Waals surface area contributed by atoms with Crippen LogP contribution in [0.1, 0.15) is 61.3 Å². The van der Waals surface area contributed by atoms with Crippen molar-refractivity contribution < 1.29 is 20.1 Å². The maximum Gasteiger partial charge on any atom is 0.159 e. The summed E-state index contributed by atoms with van der Waals surface area (Å²) in [5.41, 5.74) is -0.462. The van der Waals surface area contributed by atoms with Crippen LogP contribution in [0, 0.1) is 10.8 Å². The van der Waals surface area contributed by atoms with Crippen molar-refractivity contribution in [1.29, 1.82) is 0 Å². The normalized spacial score (nSPS) is 14.2. The highest BCUT2D eigenvalue weighted by atomic mass is 16.6. The lowest BCUT2D eigenvalue weighted by molar-refractivity contribution is -0.162. The molecule has 112 valence electrons. The maximum absolute atomic E-state index is 9.35. The van der Waals surface area contributed by atoms with E-state index in [1.165, 1.54) is 0 Å². The van der Waals surface area contributed by atoms with Crippen LogP contribution in [0.15, 0.2) is 0 Å². The summed E-state index contributed by atoms with van der Waals surface area (Å²) in [6, 6.07) is 0. The van der Waals surface area contributed by atoms with Crippen LogP contribution in [0.5, 0.6) is 0 Å². The topological polar surface area (TPSA) is 69.9 Å². The summed E-state index contributed by atoms with van der Waals surface area (Å²) in [5, 5.41) is 26.6. The van der Waals surface area contributed by atoms with Gasteiger partial charge in [-0.2, -0.15) is 0 Å². The third kappa shape index (κ3) is 8.03. The number of aliphatic hydroxyl groups excluding tert-OH is 2. The van der Waals surface area contributed by atoms with E-state index in [4.69, 9.17) is 14.9 Å². The molecule has 4 heteroatoms. The Balaban J connectivity index is 0. The minimum absolute atomic E-state index is 0.115. The van der Waals surface area contributed by atoms with Crippen molar-refractivity contribution in [3.63, 3.8) is 0 Å². The summed E-state index contributed by atoms with van der Waals surface area (Å²) in [6.07, 6.45) is -0.103. The third-order valence-corrected chi connectivity index (χ3v) is 3.51. The van der Waals surface area contributed by atoms with Gasteiger partial charge in [-0.15, -0.1) is 0 Å². The van der Waals surface area contributed by atoms with Gasteiger partial charge in [-0.25, -0.2) is 0 Å². The molecule has 0 radical (unpaired) electrons. The Morgan fingerprint density at radius 2 is 1.22 bits per heavy atom. The van der Waals surface area contributed by atoms with Gasteiger partial charge in [-0.3, -0.25) is 0 Å². The lowest BCUT2D eigenvalue weighted by atomic mass is 9.90. The molecule has 0 aliphatic rings. The lowest BCUT2D eigenvalue weighted by Gasteiger charge is -2.28. The molecule has 0 saturated carbocycles. The van der Waals surface area contributed by atoms with E-state index in [1.54, 1.807) is 0 Å². The first-order chi connectivity index (χ1) is 8.05. The molecule has 0 heterocycles. The Morgan fingerprint density at radius 3 is 1.39 bits per heavy atom. The molecule has 0 spiro atoms. The molecule has 0 fully saturated rings. The number of aliphatic hydroxyl groups is 3. The average molecular weight is 264 g/mol. The van der Waals surface area contributed by atoms with Gasteiger partial charge in [0.1, 0.15) is 0 Å². The molecule has 0 rings (SSSR count). The summed E-state index contributed by atoms with van der Waals surface area (Å²) in [5.74, 6) is 0. The molecule has 0 aromatic heterocycles. The highest BCUT2D eigenvalue weighted by Crippen LogP contribution is 2.25. The van der Waals surface area contributed by atoms with E-state index in [0.29, 0.717) is 6.61 Å².